The van der Waals surface area contributed by atoms with Crippen LogP contribution in [0, 0.1) is 0 Å². The summed E-state index contributed by atoms with van der Waals surface area (Å²) in [4.78, 5) is -0.514. The van der Waals surface area contributed by atoms with E-state index >= 15 is 0 Å². The van der Waals surface area contributed by atoms with Gasteiger partial charge in [-0.3, -0.25) is 0 Å². The Kier molecular flexibility index (Phi) is 14.6. The molecule has 1 radical (unpaired) electrons. The Hall–Kier alpha value is -4.85. The summed E-state index contributed by atoms with van der Waals surface area (Å²) in [5.74, 6) is -0.962. The fourth-order valence-electron chi connectivity index (χ4n) is 5.29. The van der Waals surface area contributed by atoms with Gasteiger partial charge in [-0.15, -0.1) is 20.5 Å². The molecule has 0 amide bonds. The van der Waals surface area contributed by atoms with Gasteiger partial charge in [-0.2, -0.15) is 0 Å². The standard InChI is InChI=1S/2C19H18ClN3O4S.Co/c2*1-11(2)23-28(26,27)18-10-17(25)15(9-14(18)20)21-22-19-13-6-4-3-5-12(13)7-8-16(19)24;/h2*3-11,23-25H,1-2H3;. The van der Waals surface area contributed by atoms with E-state index in [1.165, 1.54) is 24.3 Å². The van der Waals surface area contributed by atoms with Gasteiger partial charge in [0.15, 0.2) is 0 Å². The minimum Gasteiger partial charge on any atom is -0.506 e. The van der Waals surface area contributed by atoms with Gasteiger partial charge in [0.1, 0.15) is 55.5 Å². The van der Waals surface area contributed by atoms with E-state index in [0.29, 0.717) is 10.8 Å². The number of hydrogen-bond acceptors (Lipinski definition) is 12. The maximum absolute atomic E-state index is 12.3. The van der Waals surface area contributed by atoms with E-state index in [0.717, 1.165) is 22.9 Å². The second kappa shape index (κ2) is 18.6. The zero-order chi connectivity index (χ0) is 40.9. The van der Waals surface area contributed by atoms with Crippen molar-refractivity contribution in [3.05, 3.63) is 107 Å². The molecule has 0 atom stereocenters. The monoisotopic (exact) mass is 897 g/mol. The maximum atomic E-state index is 12.3. The van der Waals surface area contributed by atoms with E-state index in [4.69, 9.17) is 23.2 Å². The molecule has 0 fully saturated rings. The Morgan fingerprint density at radius 1 is 0.509 bits per heavy atom. The van der Waals surface area contributed by atoms with Crippen LogP contribution in [-0.2, 0) is 36.8 Å². The predicted octanol–water partition coefficient (Wildman–Crippen LogP) is 10.0. The minimum atomic E-state index is -3.89. The summed E-state index contributed by atoms with van der Waals surface area (Å²) in [5, 5.41) is 59.5. The number of aromatic hydroxyl groups is 4. The van der Waals surface area contributed by atoms with E-state index in [2.05, 4.69) is 29.9 Å². The molecule has 14 nitrogen and oxygen atoms in total. The molecule has 0 aliphatic carbocycles. The number of phenolic OH excluding ortho intramolecular Hbond substituents is 4. The van der Waals surface area contributed by atoms with Crippen LogP contribution in [0.1, 0.15) is 27.7 Å². The molecule has 0 aliphatic heterocycles. The molecule has 0 heterocycles. The molecule has 6 aromatic rings. The van der Waals surface area contributed by atoms with Crippen molar-refractivity contribution in [2.24, 2.45) is 20.5 Å². The van der Waals surface area contributed by atoms with Crippen LogP contribution in [0.3, 0.4) is 0 Å². The Labute approximate surface area is 349 Å². The fraction of sp³-hybridized carbons (Fsp3) is 0.158. The van der Waals surface area contributed by atoms with Crippen molar-refractivity contribution in [3.63, 3.8) is 0 Å². The SMILES string of the molecule is CC(C)NS(=O)(=O)c1cc(O)c(N=Nc2c(O)ccc3ccccc23)cc1Cl.CC(C)NS(=O)(=O)c1cc(O)c(N=Nc2c(O)ccc3ccccc23)cc1Cl.[Co]. The van der Waals surface area contributed by atoms with E-state index in [1.807, 2.05) is 24.3 Å². The second-order valence-electron chi connectivity index (χ2n) is 12.8. The first-order chi connectivity index (χ1) is 26.4. The molecule has 19 heteroatoms. The molecular weight excluding hydrogens is 862 g/mol. The van der Waals surface area contributed by atoms with E-state index in [-0.39, 0.29) is 82.9 Å². The maximum Gasteiger partial charge on any atom is 0.242 e. The van der Waals surface area contributed by atoms with Crippen LogP contribution in [0.4, 0.5) is 22.7 Å². The number of benzene rings is 6. The van der Waals surface area contributed by atoms with Crippen LogP contribution in [-0.4, -0.2) is 49.3 Å². The zero-order valence-corrected chi connectivity index (χ0v) is 34.7. The first-order valence-electron chi connectivity index (χ1n) is 16.7. The Morgan fingerprint density at radius 3 is 1.21 bits per heavy atom. The van der Waals surface area contributed by atoms with Crippen molar-refractivity contribution in [1.82, 2.24) is 9.44 Å². The van der Waals surface area contributed by atoms with Crippen LogP contribution in [0.25, 0.3) is 21.5 Å². The number of halogens is 2. The summed E-state index contributed by atoms with van der Waals surface area (Å²) >= 11 is 12.2. The van der Waals surface area contributed by atoms with Crippen molar-refractivity contribution in [3.8, 4) is 23.0 Å². The smallest absolute Gasteiger partial charge is 0.242 e. The van der Waals surface area contributed by atoms with Gasteiger partial charge in [0.2, 0.25) is 20.0 Å². The van der Waals surface area contributed by atoms with Crippen molar-refractivity contribution in [2.45, 2.75) is 49.6 Å². The van der Waals surface area contributed by atoms with Crippen LogP contribution in [0.15, 0.2) is 127 Å². The molecule has 0 aliphatic rings. The number of nitrogens with zero attached hydrogens (tertiary/aromatic N) is 4. The number of fused-ring (bicyclic) bond motifs is 2. The van der Waals surface area contributed by atoms with E-state index < -0.39 is 31.5 Å². The molecule has 301 valence electrons. The summed E-state index contributed by atoms with van der Waals surface area (Å²) in [6.07, 6.45) is 0. The van der Waals surface area contributed by atoms with Gasteiger partial charge < -0.3 is 20.4 Å². The third kappa shape index (κ3) is 10.8. The van der Waals surface area contributed by atoms with Crippen molar-refractivity contribution in [1.29, 1.82) is 0 Å². The van der Waals surface area contributed by atoms with Crippen LogP contribution >= 0.6 is 23.2 Å². The molecule has 0 saturated carbocycles. The summed E-state index contributed by atoms with van der Waals surface area (Å²) < 4.78 is 54.0. The molecular formula is C38H36Cl2CoN6O8S2. The molecule has 6 rings (SSSR count). The third-order valence-corrected chi connectivity index (χ3v) is 11.9. The van der Waals surface area contributed by atoms with E-state index in [9.17, 15) is 37.3 Å². The zero-order valence-electron chi connectivity index (χ0n) is 30.5. The Bertz CT molecular complexity index is 2550. The number of rotatable bonds is 10. The predicted molar refractivity (Wildman–Crippen MR) is 217 cm³/mol. The van der Waals surface area contributed by atoms with Crippen LogP contribution < -0.4 is 9.44 Å². The van der Waals surface area contributed by atoms with Gasteiger partial charge in [-0.05, 0) is 62.7 Å². The normalized spacial score (nSPS) is 12.1. The first kappa shape index (κ1) is 44.9. The van der Waals surface area contributed by atoms with Crippen molar-refractivity contribution >= 4 is 87.5 Å². The summed E-state index contributed by atoms with van der Waals surface area (Å²) in [5.41, 5.74) is 0.403. The average Bonchev–Trinajstić information content (AvgIpc) is 3.12. The van der Waals surface area contributed by atoms with Gasteiger partial charge in [-0.1, -0.05) is 83.9 Å². The third-order valence-electron chi connectivity index (χ3n) is 7.69. The topological polar surface area (TPSA) is 223 Å². The quantitative estimate of drug-likeness (QED) is 0.0724. The van der Waals surface area contributed by atoms with Gasteiger partial charge in [0, 0.05) is 51.8 Å². The van der Waals surface area contributed by atoms with Crippen molar-refractivity contribution in [2.75, 3.05) is 0 Å². The number of sulfonamides is 2. The Morgan fingerprint density at radius 2 is 0.860 bits per heavy atom. The molecule has 57 heavy (non-hydrogen) atoms. The molecule has 6 N–H and O–H groups in total. The fourth-order valence-corrected chi connectivity index (χ4v) is 8.87. The summed E-state index contributed by atoms with van der Waals surface area (Å²) in [6.45, 7) is 6.68. The van der Waals surface area contributed by atoms with Gasteiger partial charge in [0.05, 0.1) is 10.0 Å². The molecule has 0 unspecified atom stereocenters. The van der Waals surface area contributed by atoms with Crippen LogP contribution in [0.2, 0.25) is 10.0 Å². The number of azo groups is 2. The van der Waals surface area contributed by atoms with Crippen LogP contribution in [0.5, 0.6) is 23.0 Å². The molecule has 6 aromatic carbocycles. The van der Waals surface area contributed by atoms with Gasteiger partial charge in [-0.25, -0.2) is 26.3 Å². The molecule has 0 spiro atoms. The molecule has 0 aromatic heterocycles. The molecule has 0 saturated heterocycles. The number of nitrogens with one attached hydrogen (secondary N) is 2. The largest absolute Gasteiger partial charge is 0.506 e. The molecule has 0 bridgehead atoms. The Balaban J connectivity index is 0.000000248. The van der Waals surface area contributed by atoms with E-state index in [1.54, 1.807) is 64.1 Å². The summed E-state index contributed by atoms with van der Waals surface area (Å²) in [6, 6.07) is 24.9. The van der Waals surface area contributed by atoms with Gasteiger partial charge in [0.25, 0.3) is 0 Å². The average molecular weight is 899 g/mol. The van der Waals surface area contributed by atoms with Crippen molar-refractivity contribution < 1.29 is 54.0 Å². The summed E-state index contributed by atoms with van der Waals surface area (Å²) in [7, 11) is -7.77. The number of hydrogen-bond donors (Lipinski definition) is 6. The minimum absolute atomic E-state index is 0. The number of phenols is 4. The second-order valence-corrected chi connectivity index (χ2v) is 17.0. The van der Waals surface area contributed by atoms with Gasteiger partial charge >= 0.3 is 0 Å². The first-order valence-corrected chi connectivity index (χ1v) is 20.4.